The number of nitrogens with zero attached hydrogens (tertiary/aromatic N) is 4. The molecule has 6 heteroatoms. The standard InChI is InChI=1S/C22H24N4O2/c1-16-7-5-8-17(15-16)28-14-6-11-20(27)26-13-12-25(2)21-22(26)24-19-10-4-3-9-18(19)23-21/h3-5,7-10,15H,6,11-14H2,1-2H3. The van der Waals surface area contributed by atoms with Gasteiger partial charge in [0, 0.05) is 26.6 Å². The van der Waals surface area contributed by atoms with Crippen LogP contribution in [0.1, 0.15) is 18.4 Å². The van der Waals surface area contributed by atoms with Crippen molar-refractivity contribution >= 4 is 28.6 Å². The lowest BCUT2D eigenvalue weighted by Crippen LogP contribution is -2.43. The molecule has 1 aliphatic heterocycles. The Labute approximate surface area is 164 Å². The number of anilines is 2. The summed E-state index contributed by atoms with van der Waals surface area (Å²) in [4.78, 5) is 26.1. The minimum atomic E-state index is 0.0618. The van der Waals surface area contributed by atoms with Gasteiger partial charge in [0.25, 0.3) is 0 Å². The summed E-state index contributed by atoms with van der Waals surface area (Å²) in [6, 6.07) is 15.7. The maximum Gasteiger partial charge on any atom is 0.228 e. The fourth-order valence-electron chi connectivity index (χ4n) is 3.38. The van der Waals surface area contributed by atoms with E-state index in [0.717, 1.165) is 34.7 Å². The summed E-state index contributed by atoms with van der Waals surface area (Å²) in [6.07, 6.45) is 1.08. The molecule has 144 valence electrons. The summed E-state index contributed by atoms with van der Waals surface area (Å²) < 4.78 is 5.76. The lowest BCUT2D eigenvalue weighted by Gasteiger charge is -2.33. The van der Waals surface area contributed by atoms with Gasteiger partial charge in [-0.05, 0) is 43.2 Å². The zero-order valence-electron chi connectivity index (χ0n) is 16.3. The monoisotopic (exact) mass is 376 g/mol. The first-order valence-electron chi connectivity index (χ1n) is 9.59. The number of ether oxygens (including phenoxy) is 1. The van der Waals surface area contributed by atoms with Crippen molar-refractivity contribution in [3.63, 3.8) is 0 Å². The van der Waals surface area contributed by atoms with E-state index in [9.17, 15) is 4.79 Å². The van der Waals surface area contributed by atoms with E-state index in [-0.39, 0.29) is 5.91 Å². The van der Waals surface area contributed by atoms with Crippen molar-refractivity contribution in [2.45, 2.75) is 19.8 Å². The molecule has 0 N–H and O–H groups in total. The van der Waals surface area contributed by atoms with Gasteiger partial charge in [0.15, 0.2) is 11.6 Å². The van der Waals surface area contributed by atoms with Crippen molar-refractivity contribution in [3.05, 3.63) is 54.1 Å². The first kappa shape index (κ1) is 18.2. The number of rotatable bonds is 5. The molecule has 0 atom stereocenters. The number of aromatic nitrogens is 2. The maximum absolute atomic E-state index is 12.9. The number of amides is 1. The minimum absolute atomic E-state index is 0.0618. The van der Waals surface area contributed by atoms with Crippen LogP contribution in [0.4, 0.5) is 11.6 Å². The highest BCUT2D eigenvalue weighted by Crippen LogP contribution is 2.31. The normalized spacial score (nSPS) is 13.5. The molecule has 2 aromatic carbocycles. The van der Waals surface area contributed by atoms with Crippen molar-refractivity contribution in [1.82, 2.24) is 9.97 Å². The van der Waals surface area contributed by atoms with Gasteiger partial charge >= 0.3 is 0 Å². The quantitative estimate of drug-likeness (QED) is 0.637. The van der Waals surface area contributed by atoms with Crippen molar-refractivity contribution in [1.29, 1.82) is 0 Å². The Morgan fingerprint density at radius 2 is 1.79 bits per heavy atom. The molecule has 0 bridgehead atoms. The van der Waals surface area contributed by atoms with Crippen molar-refractivity contribution in [2.24, 2.45) is 0 Å². The number of fused-ring (bicyclic) bond motifs is 2. The molecule has 2 heterocycles. The Morgan fingerprint density at radius 3 is 2.54 bits per heavy atom. The van der Waals surface area contributed by atoms with E-state index in [1.54, 1.807) is 4.90 Å². The summed E-state index contributed by atoms with van der Waals surface area (Å²) >= 11 is 0. The number of carbonyl (C=O) groups is 1. The molecule has 0 unspecified atom stereocenters. The number of aryl methyl sites for hydroxylation is 1. The van der Waals surface area contributed by atoms with Crippen molar-refractivity contribution in [2.75, 3.05) is 36.5 Å². The van der Waals surface area contributed by atoms with E-state index in [2.05, 4.69) is 4.90 Å². The Kier molecular flexibility index (Phi) is 5.10. The zero-order valence-corrected chi connectivity index (χ0v) is 16.3. The maximum atomic E-state index is 12.9. The van der Waals surface area contributed by atoms with Crippen LogP contribution in [-0.2, 0) is 4.79 Å². The molecule has 28 heavy (non-hydrogen) atoms. The van der Waals surface area contributed by atoms with E-state index in [1.807, 2.05) is 62.5 Å². The first-order valence-corrected chi connectivity index (χ1v) is 9.59. The molecular formula is C22H24N4O2. The second kappa shape index (κ2) is 7.84. The molecule has 4 rings (SSSR count). The lowest BCUT2D eigenvalue weighted by molar-refractivity contribution is -0.118. The van der Waals surface area contributed by atoms with Crippen LogP contribution >= 0.6 is 0 Å². The van der Waals surface area contributed by atoms with Gasteiger partial charge in [-0.1, -0.05) is 24.3 Å². The number of likely N-dealkylation sites (N-methyl/N-ethyl adjacent to an activating group) is 1. The van der Waals surface area contributed by atoms with Crippen LogP contribution in [0.2, 0.25) is 0 Å². The second-order valence-electron chi connectivity index (χ2n) is 7.09. The van der Waals surface area contributed by atoms with Gasteiger partial charge in [-0.25, -0.2) is 9.97 Å². The predicted octanol–water partition coefficient (Wildman–Crippen LogP) is 3.58. The van der Waals surface area contributed by atoms with Crippen LogP contribution in [0.3, 0.4) is 0 Å². The highest BCUT2D eigenvalue weighted by Gasteiger charge is 2.28. The van der Waals surface area contributed by atoms with Gasteiger partial charge in [0.1, 0.15) is 5.75 Å². The SMILES string of the molecule is Cc1cccc(OCCCC(=O)N2CCN(C)c3nc4ccccc4nc32)c1. The number of hydrogen-bond acceptors (Lipinski definition) is 5. The summed E-state index contributed by atoms with van der Waals surface area (Å²) in [5.74, 6) is 2.31. The summed E-state index contributed by atoms with van der Waals surface area (Å²) in [5, 5.41) is 0. The summed E-state index contributed by atoms with van der Waals surface area (Å²) in [6.45, 7) is 3.91. The van der Waals surface area contributed by atoms with Gasteiger partial charge in [-0.2, -0.15) is 0 Å². The molecule has 3 aromatic rings. The van der Waals surface area contributed by atoms with Gasteiger partial charge in [-0.15, -0.1) is 0 Å². The molecule has 0 saturated heterocycles. The van der Waals surface area contributed by atoms with Gasteiger partial charge in [0.2, 0.25) is 5.91 Å². The van der Waals surface area contributed by atoms with Crippen LogP contribution < -0.4 is 14.5 Å². The molecule has 0 spiro atoms. The third kappa shape index (κ3) is 3.76. The third-order valence-electron chi connectivity index (χ3n) is 4.90. The molecule has 0 fully saturated rings. The molecule has 1 aliphatic rings. The highest BCUT2D eigenvalue weighted by molar-refractivity contribution is 5.97. The van der Waals surface area contributed by atoms with Gasteiger partial charge < -0.3 is 9.64 Å². The topological polar surface area (TPSA) is 58.6 Å². The van der Waals surface area contributed by atoms with E-state index in [0.29, 0.717) is 31.8 Å². The van der Waals surface area contributed by atoms with Crippen LogP contribution in [0, 0.1) is 6.92 Å². The van der Waals surface area contributed by atoms with E-state index in [1.165, 1.54) is 0 Å². The summed E-state index contributed by atoms with van der Waals surface area (Å²) in [7, 11) is 1.99. The Hall–Kier alpha value is -3.15. The molecule has 0 saturated carbocycles. The summed E-state index contributed by atoms with van der Waals surface area (Å²) in [5.41, 5.74) is 2.81. The highest BCUT2D eigenvalue weighted by atomic mass is 16.5. The fourth-order valence-corrected chi connectivity index (χ4v) is 3.38. The lowest BCUT2D eigenvalue weighted by atomic mass is 10.2. The molecule has 1 amide bonds. The average Bonchev–Trinajstić information content (AvgIpc) is 2.70. The van der Waals surface area contributed by atoms with Crippen LogP contribution in [0.25, 0.3) is 11.0 Å². The number of carbonyl (C=O) groups excluding carboxylic acids is 1. The number of benzene rings is 2. The molecule has 1 aromatic heterocycles. The van der Waals surface area contributed by atoms with Crippen LogP contribution in [-0.4, -0.2) is 42.6 Å². The third-order valence-corrected chi connectivity index (χ3v) is 4.90. The van der Waals surface area contributed by atoms with Gasteiger partial charge in [-0.3, -0.25) is 9.69 Å². The predicted molar refractivity (Wildman–Crippen MR) is 111 cm³/mol. The molecule has 0 aliphatic carbocycles. The largest absolute Gasteiger partial charge is 0.494 e. The Balaban J connectivity index is 1.43. The van der Waals surface area contributed by atoms with Crippen molar-refractivity contribution < 1.29 is 9.53 Å². The van der Waals surface area contributed by atoms with E-state index in [4.69, 9.17) is 14.7 Å². The van der Waals surface area contributed by atoms with Gasteiger partial charge in [0.05, 0.1) is 17.6 Å². The Bertz CT molecular complexity index is 1000. The number of hydrogen-bond donors (Lipinski definition) is 0. The average molecular weight is 376 g/mol. The van der Waals surface area contributed by atoms with E-state index < -0.39 is 0 Å². The first-order chi connectivity index (χ1) is 13.6. The molecule has 6 nitrogen and oxygen atoms in total. The molecular weight excluding hydrogens is 352 g/mol. The zero-order chi connectivity index (χ0) is 19.5. The second-order valence-corrected chi connectivity index (χ2v) is 7.09. The van der Waals surface area contributed by atoms with Crippen LogP contribution in [0.15, 0.2) is 48.5 Å². The Morgan fingerprint density at radius 1 is 1.04 bits per heavy atom. The van der Waals surface area contributed by atoms with E-state index >= 15 is 0 Å². The van der Waals surface area contributed by atoms with Crippen molar-refractivity contribution in [3.8, 4) is 5.75 Å². The fraction of sp³-hybridized carbons (Fsp3) is 0.318. The minimum Gasteiger partial charge on any atom is -0.494 e. The molecule has 0 radical (unpaired) electrons. The number of para-hydroxylation sites is 2. The smallest absolute Gasteiger partial charge is 0.228 e. The van der Waals surface area contributed by atoms with Crippen LogP contribution in [0.5, 0.6) is 5.75 Å².